The Balaban J connectivity index is 2.19. The van der Waals surface area contributed by atoms with Crippen molar-refractivity contribution in [1.29, 1.82) is 0 Å². The molecule has 8 heteroatoms. The standard InChI is InChI=1S/C13H19N5O2S/c1-10-4-5-13(11(2)16-10)17-21(19,20)12-8-15-18(9-12)7-3-6-14/h4-5,8-9,17H,3,6-7,14H2,1-2H3. The zero-order valence-corrected chi connectivity index (χ0v) is 12.9. The minimum absolute atomic E-state index is 0.125. The Hall–Kier alpha value is -1.93. The third-order valence-electron chi connectivity index (χ3n) is 2.98. The Labute approximate surface area is 124 Å². The molecule has 2 heterocycles. The SMILES string of the molecule is Cc1ccc(NS(=O)(=O)c2cnn(CCCN)c2)c(C)n1. The molecule has 0 aliphatic carbocycles. The highest BCUT2D eigenvalue weighted by Gasteiger charge is 2.17. The molecule has 0 spiro atoms. The number of nitrogens with two attached hydrogens (primary N) is 1. The first-order valence-corrected chi connectivity index (χ1v) is 8.10. The molecule has 0 fully saturated rings. The molecular weight excluding hydrogens is 290 g/mol. The zero-order chi connectivity index (χ0) is 15.5. The predicted octanol–water partition coefficient (Wildman–Crippen LogP) is 1.04. The second-order valence-corrected chi connectivity index (χ2v) is 6.45. The molecule has 0 amide bonds. The van der Waals surface area contributed by atoms with Crippen LogP contribution in [0.1, 0.15) is 17.8 Å². The van der Waals surface area contributed by atoms with Gasteiger partial charge in [-0.15, -0.1) is 0 Å². The fraction of sp³-hybridized carbons (Fsp3) is 0.385. The van der Waals surface area contributed by atoms with Crippen molar-refractivity contribution in [1.82, 2.24) is 14.8 Å². The molecule has 0 bridgehead atoms. The second kappa shape index (κ2) is 6.23. The molecule has 0 saturated carbocycles. The summed E-state index contributed by atoms with van der Waals surface area (Å²) < 4.78 is 28.7. The monoisotopic (exact) mass is 309 g/mol. The molecule has 0 atom stereocenters. The van der Waals surface area contributed by atoms with Gasteiger partial charge in [0.15, 0.2) is 0 Å². The van der Waals surface area contributed by atoms with Crippen molar-refractivity contribution in [3.05, 3.63) is 35.9 Å². The highest BCUT2D eigenvalue weighted by molar-refractivity contribution is 7.92. The van der Waals surface area contributed by atoms with Gasteiger partial charge in [-0.25, -0.2) is 8.42 Å². The summed E-state index contributed by atoms with van der Waals surface area (Å²) in [6.45, 7) is 4.74. The molecule has 0 aliphatic heterocycles. The van der Waals surface area contributed by atoms with Gasteiger partial charge in [-0.3, -0.25) is 14.4 Å². The van der Waals surface area contributed by atoms with Crippen LogP contribution < -0.4 is 10.5 Å². The molecule has 0 saturated heterocycles. The minimum atomic E-state index is -3.66. The second-order valence-electron chi connectivity index (χ2n) is 4.77. The van der Waals surface area contributed by atoms with Crippen LogP contribution in [0.25, 0.3) is 0 Å². The van der Waals surface area contributed by atoms with E-state index in [1.54, 1.807) is 23.7 Å². The van der Waals surface area contributed by atoms with Crippen LogP contribution in [0.2, 0.25) is 0 Å². The van der Waals surface area contributed by atoms with Crippen LogP contribution in [0.5, 0.6) is 0 Å². The zero-order valence-electron chi connectivity index (χ0n) is 12.1. The molecule has 114 valence electrons. The number of rotatable bonds is 6. The summed E-state index contributed by atoms with van der Waals surface area (Å²) >= 11 is 0. The van der Waals surface area contributed by atoms with Crippen LogP contribution in [0.4, 0.5) is 5.69 Å². The van der Waals surface area contributed by atoms with E-state index in [4.69, 9.17) is 5.73 Å². The van der Waals surface area contributed by atoms with Crippen molar-refractivity contribution in [2.75, 3.05) is 11.3 Å². The van der Waals surface area contributed by atoms with Crippen LogP contribution >= 0.6 is 0 Å². The van der Waals surface area contributed by atoms with E-state index in [-0.39, 0.29) is 4.90 Å². The Morgan fingerprint density at radius 3 is 2.76 bits per heavy atom. The van der Waals surface area contributed by atoms with E-state index >= 15 is 0 Å². The average molecular weight is 309 g/mol. The molecule has 0 radical (unpaired) electrons. The van der Waals surface area contributed by atoms with E-state index in [9.17, 15) is 8.42 Å². The first-order valence-electron chi connectivity index (χ1n) is 6.62. The highest BCUT2D eigenvalue weighted by Crippen LogP contribution is 2.18. The summed E-state index contributed by atoms with van der Waals surface area (Å²) in [5, 5.41) is 4.02. The Kier molecular flexibility index (Phi) is 4.59. The van der Waals surface area contributed by atoms with E-state index in [2.05, 4.69) is 14.8 Å². The summed E-state index contributed by atoms with van der Waals surface area (Å²) in [4.78, 5) is 4.36. The maximum absolute atomic E-state index is 12.3. The van der Waals surface area contributed by atoms with Gasteiger partial charge in [-0.1, -0.05) is 0 Å². The molecule has 2 aromatic heterocycles. The lowest BCUT2D eigenvalue weighted by atomic mass is 10.3. The molecule has 21 heavy (non-hydrogen) atoms. The number of aromatic nitrogens is 3. The molecule has 2 aromatic rings. The van der Waals surface area contributed by atoms with Crippen molar-refractivity contribution in [2.24, 2.45) is 5.73 Å². The number of pyridine rings is 1. The fourth-order valence-corrected chi connectivity index (χ4v) is 2.93. The van der Waals surface area contributed by atoms with Gasteiger partial charge >= 0.3 is 0 Å². The molecule has 0 aromatic carbocycles. The largest absolute Gasteiger partial charge is 0.330 e. The van der Waals surface area contributed by atoms with Crippen molar-refractivity contribution >= 4 is 15.7 Å². The Morgan fingerprint density at radius 2 is 2.10 bits per heavy atom. The summed E-state index contributed by atoms with van der Waals surface area (Å²) in [6.07, 6.45) is 3.57. The minimum Gasteiger partial charge on any atom is -0.330 e. The lowest BCUT2D eigenvalue weighted by Crippen LogP contribution is -2.14. The summed E-state index contributed by atoms with van der Waals surface area (Å²) in [5.41, 5.74) is 7.36. The van der Waals surface area contributed by atoms with Crippen molar-refractivity contribution in [3.63, 3.8) is 0 Å². The number of anilines is 1. The molecular formula is C13H19N5O2S. The average Bonchev–Trinajstić information content (AvgIpc) is 2.89. The summed E-state index contributed by atoms with van der Waals surface area (Å²) in [7, 11) is -3.66. The number of nitrogens with zero attached hydrogens (tertiary/aromatic N) is 3. The van der Waals surface area contributed by atoms with Gasteiger partial charge in [0.1, 0.15) is 4.90 Å². The van der Waals surface area contributed by atoms with Gasteiger partial charge in [-0.05, 0) is 38.9 Å². The number of sulfonamides is 1. The van der Waals surface area contributed by atoms with Crippen molar-refractivity contribution in [3.8, 4) is 0 Å². The van der Waals surface area contributed by atoms with Crippen molar-refractivity contribution in [2.45, 2.75) is 31.7 Å². The van der Waals surface area contributed by atoms with E-state index in [0.29, 0.717) is 24.5 Å². The van der Waals surface area contributed by atoms with E-state index < -0.39 is 10.0 Å². The van der Waals surface area contributed by atoms with E-state index in [1.807, 2.05) is 6.92 Å². The van der Waals surface area contributed by atoms with Crippen molar-refractivity contribution < 1.29 is 8.42 Å². The third-order valence-corrected chi connectivity index (χ3v) is 4.30. The normalized spacial score (nSPS) is 11.6. The highest BCUT2D eigenvalue weighted by atomic mass is 32.2. The predicted molar refractivity (Wildman–Crippen MR) is 80.4 cm³/mol. The number of hydrogen-bond acceptors (Lipinski definition) is 5. The number of hydrogen-bond donors (Lipinski definition) is 2. The summed E-state index contributed by atoms with van der Waals surface area (Å²) in [6, 6.07) is 3.46. The molecule has 2 rings (SSSR count). The fourth-order valence-electron chi connectivity index (χ4n) is 1.86. The maximum Gasteiger partial charge on any atom is 0.265 e. The molecule has 7 nitrogen and oxygen atoms in total. The Morgan fingerprint density at radius 1 is 1.33 bits per heavy atom. The van der Waals surface area contributed by atoms with Crippen LogP contribution in [-0.2, 0) is 16.6 Å². The lowest BCUT2D eigenvalue weighted by molar-refractivity contribution is 0.582. The van der Waals surface area contributed by atoms with Crippen LogP contribution in [0.15, 0.2) is 29.4 Å². The third kappa shape index (κ3) is 3.79. The summed E-state index contributed by atoms with van der Waals surface area (Å²) in [5.74, 6) is 0. The molecule has 0 unspecified atom stereocenters. The van der Waals surface area contributed by atoms with Crippen LogP contribution in [-0.4, -0.2) is 29.7 Å². The molecule has 3 N–H and O–H groups in total. The van der Waals surface area contributed by atoms with Crippen LogP contribution in [0.3, 0.4) is 0 Å². The smallest absolute Gasteiger partial charge is 0.265 e. The Bertz CT molecular complexity index is 724. The maximum atomic E-state index is 12.3. The number of aryl methyl sites for hydroxylation is 3. The van der Waals surface area contributed by atoms with Gasteiger partial charge in [-0.2, -0.15) is 5.10 Å². The topological polar surface area (TPSA) is 103 Å². The lowest BCUT2D eigenvalue weighted by Gasteiger charge is -2.09. The van der Waals surface area contributed by atoms with E-state index in [1.165, 1.54) is 12.4 Å². The molecule has 0 aliphatic rings. The van der Waals surface area contributed by atoms with Gasteiger partial charge in [0.25, 0.3) is 10.0 Å². The van der Waals surface area contributed by atoms with E-state index in [0.717, 1.165) is 12.1 Å². The van der Waals surface area contributed by atoms with Gasteiger partial charge in [0.2, 0.25) is 0 Å². The number of nitrogens with one attached hydrogen (secondary N) is 1. The first-order chi connectivity index (χ1) is 9.92. The van der Waals surface area contributed by atoms with Gasteiger partial charge in [0, 0.05) is 18.4 Å². The first kappa shape index (κ1) is 15.5. The van der Waals surface area contributed by atoms with Crippen LogP contribution in [0, 0.1) is 13.8 Å². The van der Waals surface area contributed by atoms with Gasteiger partial charge < -0.3 is 5.73 Å². The van der Waals surface area contributed by atoms with Gasteiger partial charge in [0.05, 0.1) is 17.6 Å². The quantitative estimate of drug-likeness (QED) is 0.830.